The molecular formula is C9H10Cl2N4O. The highest BCUT2D eigenvalue weighted by molar-refractivity contribution is 6.31. The summed E-state index contributed by atoms with van der Waals surface area (Å²) in [5, 5.41) is 0.0957. The molecule has 0 bridgehead atoms. The lowest BCUT2D eigenvalue weighted by molar-refractivity contribution is -0.117. The van der Waals surface area contributed by atoms with E-state index in [2.05, 4.69) is 15.0 Å². The van der Waals surface area contributed by atoms with E-state index < -0.39 is 0 Å². The molecule has 86 valence electrons. The van der Waals surface area contributed by atoms with Gasteiger partial charge in [-0.1, -0.05) is 0 Å². The summed E-state index contributed by atoms with van der Waals surface area (Å²) in [5.41, 5.74) is 0. The fraction of sp³-hybridized carbons (Fsp3) is 0.556. The maximum Gasteiger partial charge on any atom is 0.231 e. The Labute approximate surface area is 103 Å². The van der Waals surface area contributed by atoms with E-state index in [1.54, 1.807) is 4.90 Å². The summed E-state index contributed by atoms with van der Waals surface area (Å²) < 4.78 is 0. The average Bonchev–Trinajstić information content (AvgIpc) is 2.41. The van der Waals surface area contributed by atoms with Crippen molar-refractivity contribution in [3.63, 3.8) is 0 Å². The van der Waals surface area contributed by atoms with Crippen LogP contribution in [0.25, 0.3) is 0 Å². The largest absolute Gasteiger partial charge is 0.333 e. The molecular weight excluding hydrogens is 251 g/mol. The van der Waals surface area contributed by atoms with Gasteiger partial charge in [0.15, 0.2) is 5.78 Å². The molecule has 1 aromatic heterocycles. The molecule has 0 radical (unpaired) electrons. The van der Waals surface area contributed by atoms with Crippen LogP contribution in [0, 0.1) is 0 Å². The van der Waals surface area contributed by atoms with E-state index in [0.717, 1.165) is 19.4 Å². The Hall–Kier alpha value is -0.940. The highest BCUT2D eigenvalue weighted by Crippen LogP contribution is 2.17. The first-order chi connectivity index (χ1) is 7.65. The minimum Gasteiger partial charge on any atom is -0.333 e. The second-order valence-corrected chi connectivity index (χ2v) is 4.27. The maximum absolute atomic E-state index is 11.5. The predicted molar refractivity (Wildman–Crippen MR) is 60.9 cm³/mol. The first-order valence-corrected chi connectivity index (χ1v) is 5.74. The van der Waals surface area contributed by atoms with E-state index in [1.807, 2.05) is 0 Å². The van der Waals surface area contributed by atoms with Gasteiger partial charge in [-0.3, -0.25) is 4.79 Å². The predicted octanol–water partition coefficient (Wildman–Crippen LogP) is 1.74. The molecule has 2 heterocycles. The smallest absolute Gasteiger partial charge is 0.231 e. The molecule has 1 aliphatic heterocycles. The molecule has 0 N–H and O–H groups in total. The second kappa shape index (κ2) is 4.93. The van der Waals surface area contributed by atoms with Crippen LogP contribution in [0.15, 0.2) is 0 Å². The van der Waals surface area contributed by atoms with Crippen LogP contribution in [0.1, 0.15) is 19.3 Å². The number of carbonyl (C=O) groups excluding carboxylic acids is 1. The number of hydrogen-bond donors (Lipinski definition) is 0. The number of carbonyl (C=O) groups is 1. The monoisotopic (exact) mass is 260 g/mol. The van der Waals surface area contributed by atoms with Gasteiger partial charge in [-0.25, -0.2) is 0 Å². The Morgan fingerprint density at radius 2 is 1.75 bits per heavy atom. The SMILES string of the molecule is O=C1CCCCN(c2nc(Cl)nc(Cl)n2)C1. The van der Waals surface area contributed by atoms with Crippen molar-refractivity contribution in [3.8, 4) is 0 Å². The van der Waals surface area contributed by atoms with Crippen molar-refractivity contribution in [2.24, 2.45) is 0 Å². The van der Waals surface area contributed by atoms with Crippen LogP contribution in [-0.4, -0.2) is 33.8 Å². The van der Waals surface area contributed by atoms with Crippen molar-refractivity contribution < 1.29 is 4.79 Å². The van der Waals surface area contributed by atoms with Gasteiger partial charge in [0.1, 0.15) is 0 Å². The van der Waals surface area contributed by atoms with Crippen molar-refractivity contribution >= 4 is 34.9 Å². The Bertz CT molecular complexity index is 392. The first kappa shape index (κ1) is 11.5. The highest BCUT2D eigenvalue weighted by Gasteiger charge is 2.18. The highest BCUT2D eigenvalue weighted by atomic mass is 35.5. The molecule has 0 saturated carbocycles. The minimum atomic E-state index is 0.0479. The third-order valence-electron chi connectivity index (χ3n) is 2.35. The zero-order chi connectivity index (χ0) is 11.5. The van der Waals surface area contributed by atoms with Crippen LogP contribution in [-0.2, 0) is 4.79 Å². The van der Waals surface area contributed by atoms with E-state index in [4.69, 9.17) is 23.2 Å². The van der Waals surface area contributed by atoms with E-state index in [0.29, 0.717) is 18.9 Å². The maximum atomic E-state index is 11.5. The number of nitrogens with zero attached hydrogens (tertiary/aromatic N) is 4. The van der Waals surface area contributed by atoms with E-state index >= 15 is 0 Å². The van der Waals surface area contributed by atoms with Crippen molar-refractivity contribution in [1.82, 2.24) is 15.0 Å². The summed E-state index contributed by atoms with van der Waals surface area (Å²) in [4.78, 5) is 24.8. The number of rotatable bonds is 1. The van der Waals surface area contributed by atoms with E-state index in [-0.39, 0.29) is 16.4 Å². The van der Waals surface area contributed by atoms with Gasteiger partial charge in [-0.15, -0.1) is 0 Å². The van der Waals surface area contributed by atoms with Crippen LogP contribution in [0.3, 0.4) is 0 Å². The number of halogens is 2. The van der Waals surface area contributed by atoms with Gasteiger partial charge in [0, 0.05) is 13.0 Å². The summed E-state index contributed by atoms with van der Waals surface area (Å²) in [7, 11) is 0. The van der Waals surface area contributed by atoms with Gasteiger partial charge in [-0.05, 0) is 36.0 Å². The quantitative estimate of drug-likeness (QED) is 0.770. The topological polar surface area (TPSA) is 59.0 Å². The Balaban J connectivity index is 2.24. The van der Waals surface area contributed by atoms with Crippen LogP contribution in [0.5, 0.6) is 0 Å². The van der Waals surface area contributed by atoms with Gasteiger partial charge in [-0.2, -0.15) is 15.0 Å². The number of Topliss-reactive ketones (excluding diaryl/α,β-unsaturated/α-hetero) is 1. The zero-order valence-corrected chi connectivity index (χ0v) is 10.0. The lowest BCUT2D eigenvalue weighted by Crippen LogP contribution is -2.30. The Morgan fingerprint density at radius 1 is 1.06 bits per heavy atom. The zero-order valence-electron chi connectivity index (χ0n) is 8.49. The average molecular weight is 261 g/mol. The third-order valence-corrected chi connectivity index (χ3v) is 2.69. The van der Waals surface area contributed by atoms with E-state index in [1.165, 1.54) is 0 Å². The van der Waals surface area contributed by atoms with Gasteiger partial charge in [0.25, 0.3) is 0 Å². The number of anilines is 1. The fourth-order valence-corrected chi connectivity index (χ4v) is 1.98. The molecule has 0 spiro atoms. The lowest BCUT2D eigenvalue weighted by Gasteiger charge is -2.18. The first-order valence-electron chi connectivity index (χ1n) is 4.99. The Kier molecular flexibility index (Phi) is 3.56. The molecule has 0 aliphatic carbocycles. The van der Waals surface area contributed by atoms with Crippen molar-refractivity contribution in [2.75, 3.05) is 18.0 Å². The molecule has 7 heteroatoms. The lowest BCUT2D eigenvalue weighted by atomic mass is 10.2. The van der Waals surface area contributed by atoms with Crippen molar-refractivity contribution in [1.29, 1.82) is 0 Å². The van der Waals surface area contributed by atoms with Gasteiger partial charge < -0.3 is 4.90 Å². The molecule has 0 aromatic carbocycles. The van der Waals surface area contributed by atoms with Gasteiger partial charge >= 0.3 is 0 Å². The molecule has 0 unspecified atom stereocenters. The summed E-state index contributed by atoms with van der Waals surface area (Å²) in [6, 6.07) is 0. The number of hydrogen-bond acceptors (Lipinski definition) is 5. The molecule has 1 aromatic rings. The molecule has 1 aliphatic rings. The Morgan fingerprint density at radius 3 is 2.44 bits per heavy atom. The minimum absolute atomic E-state index is 0.0479. The summed E-state index contributed by atoms with van der Waals surface area (Å²) in [6.45, 7) is 1.05. The summed E-state index contributed by atoms with van der Waals surface area (Å²) in [6.07, 6.45) is 2.46. The molecule has 0 amide bonds. The molecule has 0 atom stereocenters. The fourth-order valence-electron chi connectivity index (χ4n) is 1.62. The molecule has 5 nitrogen and oxygen atoms in total. The van der Waals surface area contributed by atoms with Crippen LogP contribution in [0.4, 0.5) is 5.95 Å². The van der Waals surface area contributed by atoms with Crippen LogP contribution in [0.2, 0.25) is 10.6 Å². The van der Waals surface area contributed by atoms with Crippen molar-refractivity contribution in [3.05, 3.63) is 10.6 Å². The molecule has 1 saturated heterocycles. The second-order valence-electron chi connectivity index (χ2n) is 3.59. The van der Waals surface area contributed by atoms with Gasteiger partial charge in [0.05, 0.1) is 6.54 Å². The molecule has 16 heavy (non-hydrogen) atoms. The van der Waals surface area contributed by atoms with Crippen LogP contribution < -0.4 is 4.90 Å². The van der Waals surface area contributed by atoms with Crippen LogP contribution >= 0.6 is 23.2 Å². The standard InChI is InChI=1S/C9H10Cl2N4O/c10-7-12-8(11)14-9(13-7)15-4-2-1-3-6(16)5-15/h1-5H2. The summed E-state index contributed by atoms with van der Waals surface area (Å²) >= 11 is 11.4. The number of ketones is 1. The van der Waals surface area contributed by atoms with Gasteiger partial charge in [0.2, 0.25) is 16.5 Å². The summed E-state index contributed by atoms with van der Waals surface area (Å²) in [5.74, 6) is 0.561. The van der Waals surface area contributed by atoms with Crippen molar-refractivity contribution in [2.45, 2.75) is 19.3 Å². The third kappa shape index (κ3) is 2.80. The van der Waals surface area contributed by atoms with E-state index in [9.17, 15) is 4.79 Å². The normalized spacial score (nSPS) is 17.4. The molecule has 2 rings (SSSR count). The molecule has 1 fully saturated rings. The number of aromatic nitrogens is 3.